The summed E-state index contributed by atoms with van der Waals surface area (Å²) in [6.45, 7) is 0. The molecular formula is C14H6N8S. The molecule has 0 saturated carbocycles. The van der Waals surface area contributed by atoms with Crippen molar-refractivity contribution in [3.05, 3.63) is 41.9 Å². The van der Waals surface area contributed by atoms with Gasteiger partial charge in [0.15, 0.2) is 5.57 Å². The molecule has 3 rings (SSSR count). The van der Waals surface area contributed by atoms with E-state index in [1.807, 2.05) is 18.2 Å². The highest BCUT2D eigenvalue weighted by Gasteiger charge is 2.14. The van der Waals surface area contributed by atoms with Crippen molar-refractivity contribution < 1.29 is 0 Å². The lowest BCUT2D eigenvalue weighted by molar-refractivity contribution is 0.960. The number of aromatic nitrogens is 4. The fourth-order valence-electron chi connectivity index (χ4n) is 1.87. The van der Waals surface area contributed by atoms with Gasteiger partial charge in [-0.25, -0.2) is 0 Å². The van der Waals surface area contributed by atoms with E-state index in [-0.39, 0.29) is 11.3 Å². The lowest BCUT2D eigenvalue weighted by atomic mass is 10.1. The summed E-state index contributed by atoms with van der Waals surface area (Å²) >= 11 is 1.34. The number of fused-ring (bicyclic) bond motifs is 1. The highest BCUT2D eigenvalue weighted by Crippen LogP contribution is 2.31. The number of allylic oxidation sites excluding steroid dienone is 2. The molecule has 0 bridgehead atoms. The van der Waals surface area contributed by atoms with Gasteiger partial charge >= 0.3 is 0 Å². The maximum absolute atomic E-state index is 9.15. The van der Waals surface area contributed by atoms with Crippen LogP contribution in [0.1, 0.15) is 0 Å². The number of para-hydroxylation sites is 1. The fourth-order valence-corrected chi connectivity index (χ4v) is 2.72. The van der Waals surface area contributed by atoms with Gasteiger partial charge in [0.25, 0.3) is 0 Å². The van der Waals surface area contributed by atoms with E-state index in [9.17, 15) is 0 Å². The first-order valence-electron chi connectivity index (χ1n) is 6.24. The molecule has 0 unspecified atom stereocenters. The second-order valence-corrected chi connectivity index (χ2v) is 5.18. The molecule has 1 aromatic carbocycles. The zero-order chi connectivity index (χ0) is 16.2. The van der Waals surface area contributed by atoms with Crippen LogP contribution in [0.3, 0.4) is 0 Å². The SMILES string of the molecule is N#CC(C#N)=C(C#N)Nc1ccccc1-c1nn2cnnc2s1. The molecule has 0 spiro atoms. The average molecular weight is 318 g/mol. The molecule has 108 valence electrons. The van der Waals surface area contributed by atoms with Gasteiger partial charge < -0.3 is 5.32 Å². The standard InChI is InChI=1S/C14H6N8S/c15-5-9(6-16)12(7-17)19-11-4-2-1-3-10(11)13-21-22-8-18-20-14(22)23-13/h1-4,8,19H. The van der Waals surface area contributed by atoms with Gasteiger partial charge in [0.2, 0.25) is 4.96 Å². The van der Waals surface area contributed by atoms with Crippen molar-refractivity contribution in [2.75, 3.05) is 5.32 Å². The number of nitrogens with one attached hydrogen (secondary N) is 1. The maximum Gasteiger partial charge on any atom is 0.234 e. The first-order valence-corrected chi connectivity index (χ1v) is 7.06. The van der Waals surface area contributed by atoms with E-state index in [0.717, 1.165) is 5.56 Å². The summed E-state index contributed by atoms with van der Waals surface area (Å²) in [6, 6.07) is 12.4. The third-order valence-electron chi connectivity index (χ3n) is 2.89. The summed E-state index contributed by atoms with van der Waals surface area (Å²) in [5.41, 5.74) is 0.911. The van der Waals surface area contributed by atoms with Crippen LogP contribution < -0.4 is 5.32 Å². The monoisotopic (exact) mass is 318 g/mol. The second-order valence-electron chi connectivity index (χ2n) is 4.22. The van der Waals surface area contributed by atoms with E-state index < -0.39 is 0 Å². The van der Waals surface area contributed by atoms with Gasteiger partial charge in [0, 0.05) is 11.3 Å². The average Bonchev–Trinajstić information content (AvgIpc) is 3.17. The van der Waals surface area contributed by atoms with Crippen LogP contribution >= 0.6 is 11.3 Å². The first-order chi connectivity index (χ1) is 11.3. The highest BCUT2D eigenvalue weighted by molar-refractivity contribution is 7.19. The Balaban J connectivity index is 2.07. The van der Waals surface area contributed by atoms with Gasteiger partial charge in [0.05, 0.1) is 0 Å². The molecule has 0 atom stereocenters. The fraction of sp³-hybridized carbons (Fsp3) is 0. The Bertz CT molecular complexity index is 993. The van der Waals surface area contributed by atoms with Crippen LogP contribution in [0, 0.1) is 34.0 Å². The number of anilines is 1. The van der Waals surface area contributed by atoms with Gasteiger partial charge in [-0.05, 0) is 12.1 Å². The molecule has 0 saturated heterocycles. The zero-order valence-corrected chi connectivity index (χ0v) is 12.2. The Hall–Kier alpha value is -3.74. The molecule has 2 aromatic heterocycles. The summed E-state index contributed by atoms with van der Waals surface area (Å²) in [5.74, 6) is 0. The van der Waals surface area contributed by atoms with Gasteiger partial charge in [-0.2, -0.15) is 25.4 Å². The quantitative estimate of drug-likeness (QED) is 0.732. The van der Waals surface area contributed by atoms with Crippen LogP contribution in [0.5, 0.6) is 0 Å². The maximum atomic E-state index is 9.15. The summed E-state index contributed by atoms with van der Waals surface area (Å²) in [5, 5.41) is 42.5. The summed E-state index contributed by atoms with van der Waals surface area (Å²) in [4.78, 5) is 0.639. The number of benzene rings is 1. The Labute approximate surface area is 134 Å². The van der Waals surface area contributed by atoms with Crippen LogP contribution in [-0.4, -0.2) is 19.8 Å². The summed E-state index contributed by atoms with van der Waals surface area (Å²) in [7, 11) is 0. The minimum absolute atomic E-state index is 0.106. The van der Waals surface area contributed by atoms with Crippen molar-refractivity contribution in [1.82, 2.24) is 19.8 Å². The van der Waals surface area contributed by atoms with Gasteiger partial charge in [-0.1, -0.05) is 23.5 Å². The molecule has 0 aliphatic carbocycles. The third kappa shape index (κ3) is 2.58. The number of hydrogen-bond acceptors (Lipinski definition) is 8. The van der Waals surface area contributed by atoms with Crippen molar-refractivity contribution in [3.63, 3.8) is 0 Å². The van der Waals surface area contributed by atoms with E-state index in [1.54, 1.807) is 28.8 Å². The van der Waals surface area contributed by atoms with Gasteiger partial charge in [-0.3, -0.25) is 0 Å². The van der Waals surface area contributed by atoms with Crippen LogP contribution in [0.15, 0.2) is 41.9 Å². The molecule has 0 fully saturated rings. The van der Waals surface area contributed by atoms with Crippen molar-refractivity contribution in [2.24, 2.45) is 0 Å². The Morgan fingerprint density at radius 1 is 1.13 bits per heavy atom. The number of nitrogens with zero attached hydrogens (tertiary/aromatic N) is 7. The Kier molecular flexibility index (Phi) is 3.67. The molecule has 2 heterocycles. The molecule has 23 heavy (non-hydrogen) atoms. The van der Waals surface area contributed by atoms with Gasteiger partial charge in [-0.15, -0.1) is 10.2 Å². The van der Waals surface area contributed by atoms with Crippen molar-refractivity contribution >= 4 is 22.0 Å². The molecule has 8 nitrogen and oxygen atoms in total. The number of rotatable bonds is 3. The first kappa shape index (κ1) is 14.2. The lowest BCUT2D eigenvalue weighted by Crippen LogP contribution is -2.02. The van der Waals surface area contributed by atoms with Crippen molar-refractivity contribution in [2.45, 2.75) is 0 Å². The normalized spacial score (nSPS) is 9.61. The molecule has 1 N–H and O–H groups in total. The van der Waals surface area contributed by atoms with Crippen LogP contribution in [0.25, 0.3) is 15.5 Å². The summed E-state index contributed by atoms with van der Waals surface area (Å²) < 4.78 is 1.55. The lowest BCUT2D eigenvalue weighted by Gasteiger charge is -2.08. The largest absolute Gasteiger partial charge is 0.345 e. The topological polar surface area (TPSA) is 126 Å². The smallest absolute Gasteiger partial charge is 0.234 e. The predicted molar refractivity (Wildman–Crippen MR) is 81.6 cm³/mol. The van der Waals surface area contributed by atoms with Gasteiger partial charge in [0.1, 0.15) is 35.2 Å². The zero-order valence-electron chi connectivity index (χ0n) is 11.4. The van der Waals surface area contributed by atoms with Crippen molar-refractivity contribution in [3.8, 4) is 28.8 Å². The molecule has 0 aliphatic rings. The molecular weight excluding hydrogens is 312 g/mol. The number of hydrogen-bond donors (Lipinski definition) is 1. The van der Waals surface area contributed by atoms with E-state index in [4.69, 9.17) is 15.8 Å². The highest BCUT2D eigenvalue weighted by atomic mass is 32.1. The summed E-state index contributed by atoms with van der Waals surface area (Å²) in [6.07, 6.45) is 1.50. The predicted octanol–water partition coefficient (Wildman–Crippen LogP) is 2.09. The third-order valence-corrected chi connectivity index (χ3v) is 3.84. The second kappa shape index (κ2) is 5.94. The van der Waals surface area contributed by atoms with E-state index in [0.29, 0.717) is 15.7 Å². The minimum atomic E-state index is -0.277. The van der Waals surface area contributed by atoms with E-state index in [2.05, 4.69) is 20.6 Å². The Morgan fingerprint density at radius 3 is 2.61 bits per heavy atom. The van der Waals surface area contributed by atoms with Crippen LogP contribution in [-0.2, 0) is 0 Å². The van der Waals surface area contributed by atoms with E-state index >= 15 is 0 Å². The molecule has 0 amide bonds. The number of nitriles is 3. The Morgan fingerprint density at radius 2 is 1.91 bits per heavy atom. The van der Waals surface area contributed by atoms with Crippen molar-refractivity contribution in [1.29, 1.82) is 15.8 Å². The molecule has 0 aliphatic heterocycles. The minimum Gasteiger partial charge on any atom is -0.345 e. The molecule has 3 aromatic rings. The molecule has 0 radical (unpaired) electrons. The van der Waals surface area contributed by atoms with Crippen LogP contribution in [0.2, 0.25) is 0 Å². The molecule has 9 heteroatoms. The van der Waals surface area contributed by atoms with Crippen LogP contribution in [0.4, 0.5) is 5.69 Å². The van der Waals surface area contributed by atoms with E-state index in [1.165, 1.54) is 17.7 Å².